The van der Waals surface area contributed by atoms with E-state index >= 15 is 0 Å². The van der Waals surface area contributed by atoms with Gasteiger partial charge in [0.1, 0.15) is 11.5 Å². The van der Waals surface area contributed by atoms with Crippen LogP contribution in [0.3, 0.4) is 0 Å². The zero-order chi connectivity index (χ0) is 11.3. The molecule has 4 heteroatoms. The molecular weight excluding hydrogens is 194 g/mol. The molecule has 15 heavy (non-hydrogen) atoms. The molecule has 1 radical (unpaired) electrons. The van der Waals surface area contributed by atoms with Gasteiger partial charge in [-0.2, -0.15) is 0 Å². The molecule has 0 saturated carbocycles. The van der Waals surface area contributed by atoms with Crippen LogP contribution in [-0.4, -0.2) is 19.1 Å². The van der Waals surface area contributed by atoms with Gasteiger partial charge in [-0.15, -0.1) is 0 Å². The molecule has 1 N–H and O–H groups in total. The summed E-state index contributed by atoms with van der Waals surface area (Å²) in [7, 11) is 0. The third-order valence-electron chi connectivity index (χ3n) is 1.81. The zero-order valence-corrected chi connectivity index (χ0v) is 8.87. The van der Waals surface area contributed by atoms with Crippen LogP contribution in [0.2, 0.25) is 0 Å². The summed E-state index contributed by atoms with van der Waals surface area (Å²) in [6.07, 6.45) is 0. The minimum Gasteiger partial charge on any atom is -0.494 e. The first-order valence-electron chi connectivity index (χ1n) is 4.84. The Morgan fingerprint density at radius 3 is 2.47 bits per heavy atom. The molecule has 0 spiro atoms. The molecule has 0 fully saturated rings. The van der Waals surface area contributed by atoms with Crippen LogP contribution in [0.15, 0.2) is 18.2 Å². The molecule has 0 aliphatic heterocycles. The Morgan fingerprint density at radius 1 is 1.27 bits per heavy atom. The van der Waals surface area contributed by atoms with E-state index in [1.54, 1.807) is 18.2 Å². The Kier molecular flexibility index (Phi) is 3.97. The summed E-state index contributed by atoms with van der Waals surface area (Å²) >= 11 is 0. The van der Waals surface area contributed by atoms with Crippen molar-refractivity contribution >= 4 is 5.91 Å². The third kappa shape index (κ3) is 2.87. The molecule has 1 aromatic carbocycles. The van der Waals surface area contributed by atoms with Crippen molar-refractivity contribution in [3.63, 3.8) is 0 Å². The first-order chi connectivity index (χ1) is 7.19. The van der Waals surface area contributed by atoms with Gasteiger partial charge in [0, 0.05) is 6.07 Å². The normalized spacial score (nSPS) is 9.73. The molecule has 0 aliphatic rings. The number of ether oxygens (including phenoxy) is 2. The average Bonchev–Trinajstić information content (AvgIpc) is 2.18. The summed E-state index contributed by atoms with van der Waals surface area (Å²) in [6, 6.07) is 4.84. The average molecular weight is 208 g/mol. The van der Waals surface area contributed by atoms with E-state index in [-0.39, 0.29) is 5.56 Å². The van der Waals surface area contributed by atoms with Gasteiger partial charge < -0.3 is 9.47 Å². The second kappa shape index (κ2) is 5.24. The first kappa shape index (κ1) is 11.4. The van der Waals surface area contributed by atoms with E-state index in [1.807, 2.05) is 13.8 Å². The number of carbonyl (C=O) groups is 1. The van der Waals surface area contributed by atoms with Gasteiger partial charge in [0.15, 0.2) is 0 Å². The number of rotatable bonds is 5. The summed E-state index contributed by atoms with van der Waals surface area (Å²) in [5.74, 6) is 0.302. The van der Waals surface area contributed by atoms with Gasteiger partial charge in [-0.3, -0.25) is 10.5 Å². The van der Waals surface area contributed by atoms with Crippen LogP contribution in [0.5, 0.6) is 11.5 Å². The fourth-order valence-electron chi connectivity index (χ4n) is 1.22. The topological polar surface area (TPSA) is 59.3 Å². The molecule has 0 aliphatic carbocycles. The van der Waals surface area contributed by atoms with Crippen LogP contribution < -0.4 is 15.2 Å². The Hall–Kier alpha value is -1.71. The van der Waals surface area contributed by atoms with Crippen LogP contribution in [0.1, 0.15) is 24.2 Å². The minimum atomic E-state index is -0.749. The highest BCUT2D eigenvalue weighted by atomic mass is 16.5. The lowest BCUT2D eigenvalue weighted by atomic mass is 10.2. The molecule has 0 heterocycles. The molecule has 0 saturated heterocycles. The number of amides is 1. The van der Waals surface area contributed by atoms with E-state index in [0.717, 1.165) is 0 Å². The predicted molar refractivity (Wildman–Crippen MR) is 56.2 cm³/mol. The monoisotopic (exact) mass is 208 g/mol. The Bertz CT molecular complexity index is 350. The largest absolute Gasteiger partial charge is 0.494 e. The molecule has 1 amide bonds. The summed E-state index contributed by atoms with van der Waals surface area (Å²) < 4.78 is 10.5. The van der Waals surface area contributed by atoms with Gasteiger partial charge in [-0.1, -0.05) is 0 Å². The lowest BCUT2D eigenvalue weighted by Crippen LogP contribution is -2.04. The van der Waals surface area contributed by atoms with Crippen LogP contribution in [0, 0.1) is 0 Å². The number of nitrogens with one attached hydrogen (secondary N) is 1. The number of benzene rings is 1. The number of hydrogen-bond acceptors (Lipinski definition) is 3. The highest BCUT2D eigenvalue weighted by Crippen LogP contribution is 2.24. The molecule has 0 unspecified atom stereocenters. The van der Waals surface area contributed by atoms with Crippen molar-refractivity contribution in [1.29, 1.82) is 0 Å². The molecule has 4 nitrogen and oxygen atoms in total. The van der Waals surface area contributed by atoms with E-state index in [1.165, 1.54) is 0 Å². The highest BCUT2D eigenvalue weighted by Gasteiger charge is 2.10. The van der Waals surface area contributed by atoms with Crippen molar-refractivity contribution in [2.24, 2.45) is 0 Å². The number of hydrogen-bond donors (Lipinski definition) is 0. The quantitative estimate of drug-likeness (QED) is 0.742. The smallest absolute Gasteiger partial charge is 0.273 e. The van der Waals surface area contributed by atoms with Crippen LogP contribution in [0.4, 0.5) is 0 Å². The molecule has 81 valence electrons. The van der Waals surface area contributed by atoms with E-state index in [0.29, 0.717) is 24.7 Å². The third-order valence-corrected chi connectivity index (χ3v) is 1.81. The van der Waals surface area contributed by atoms with E-state index in [2.05, 4.69) is 0 Å². The molecule has 1 aromatic rings. The van der Waals surface area contributed by atoms with Gasteiger partial charge in [-0.25, -0.2) is 0 Å². The van der Waals surface area contributed by atoms with E-state index < -0.39 is 5.91 Å². The second-order valence-corrected chi connectivity index (χ2v) is 2.85. The molecule has 0 bridgehead atoms. The minimum absolute atomic E-state index is 0.264. The standard InChI is InChI=1S/C11H14NO3/c1-3-14-8-5-6-9(11(12)13)10(7-8)15-4-2/h5-7,12H,3-4H2,1-2H3. The first-order valence-corrected chi connectivity index (χ1v) is 4.84. The van der Waals surface area contributed by atoms with Gasteiger partial charge in [-0.05, 0) is 26.0 Å². The van der Waals surface area contributed by atoms with Gasteiger partial charge in [0.25, 0.3) is 5.91 Å². The lowest BCUT2D eigenvalue weighted by Gasteiger charge is -2.09. The van der Waals surface area contributed by atoms with Crippen LogP contribution in [-0.2, 0) is 0 Å². The number of carbonyl (C=O) groups excluding carboxylic acids is 1. The highest BCUT2D eigenvalue weighted by molar-refractivity contribution is 5.95. The van der Waals surface area contributed by atoms with E-state index in [4.69, 9.17) is 15.2 Å². The fraction of sp³-hybridized carbons (Fsp3) is 0.364. The molecule has 0 atom stereocenters. The Labute approximate surface area is 89.0 Å². The van der Waals surface area contributed by atoms with Gasteiger partial charge >= 0.3 is 0 Å². The SMILES string of the molecule is CCOc1ccc(C([NH])=O)c(OCC)c1. The van der Waals surface area contributed by atoms with Crippen molar-refractivity contribution in [3.8, 4) is 11.5 Å². The maximum atomic E-state index is 11.0. The fourth-order valence-corrected chi connectivity index (χ4v) is 1.22. The van der Waals surface area contributed by atoms with Crippen LogP contribution >= 0.6 is 0 Å². The Morgan fingerprint density at radius 2 is 1.93 bits per heavy atom. The molecule has 0 aromatic heterocycles. The van der Waals surface area contributed by atoms with Crippen LogP contribution in [0.25, 0.3) is 0 Å². The van der Waals surface area contributed by atoms with Gasteiger partial charge in [0.2, 0.25) is 0 Å². The molecule has 1 rings (SSSR count). The van der Waals surface area contributed by atoms with Crippen molar-refractivity contribution in [1.82, 2.24) is 5.73 Å². The Balaban J connectivity index is 3.03. The van der Waals surface area contributed by atoms with Crippen molar-refractivity contribution in [2.75, 3.05) is 13.2 Å². The second-order valence-electron chi connectivity index (χ2n) is 2.85. The molecular formula is C11H14NO3. The maximum absolute atomic E-state index is 11.0. The zero-order valence-electron chi connectivity index (χ0n) is 8.87. The van der Waals surface area contributed by atoms with E-state index in [9.17, 15) is 4.79 Å². The van der Waals surface area contributed by atoms with Crippen molar-refractivity contribution < 1.29 is 14.3 Å². The maximum Gasteiger partial charge on any atom is 0.273 e. The van der Waals surface area contributed by atoms with Gasteiger partial charge in [0.05, 0.1) is 18.8 Å². The summed E-state index contributed by atoms with van der Waals surface area (Å²) in [4.78, 5) is 11.0. The van der Waals surface area contributed by atoms with Crippen molar-refractivity contribution in [2.45, 2.75) is 13.8 Å². The lowest BCUT2D eigenvalue weighted by molar-refractivity contribution is 0.0988. The summed E-state index contributed by atoms with van der Waals surface area (Å²) in [5, 5.41) is 0. The predicted octanol–water partition coefficient (Wildman–Crippen LogP) is 1.91. The summed E-state index contributed by atoms with van der Waals surface area (Å²) in [6.45, 7) is 4.71. The van der Waals surface area contributed by atoms with Crippen molar-refractivity contribution in [3.05, 3.63) is 23.8 Å². The summed E-state index contributed by atoms with van der Waals surface area (Å²) in [5.41, 5.74) is 7.31.